The highest BCUT2D eigenvalue weighted by atomic mass is 35.7. The summed E-state index contributed by atoms with van der Waals surface area (Å²) in [6.07, 6.45) is 0.994. The van der Waals surface area contributed by atoms with Crippen LogP contribution < -0.4 is 15.4 Å². The molecule has 1 aliphatic rings. The van der Waals surface area contributed by atoms with Gasteiger partial charge in [0, 0.05) is 41.1 Å². The summed E-state index contributed by atoms with van der Waals surface area (Å²) in [4.78, 5) is 40.3. The summed E-state index contributed by atoms with van der Waals surface area (Å²) in [6.45, 7) is 1.01. The van der Waals surface area contributed by atoms with E-state index in [1.807, 2.05) is 30.3 Å². The number of anilines is 1. The SMILES string of the molecule is COc1cc(NC(=O)[C@H](CC2CCN(C(=O)OCc3ccccc3)CC2)NC(=O)c2ccc(F)cc2)ccc1S(=O)(=O)Cl. The minimum atomic E-state index is -4.09. The second-order valence-electron chi connectivity index (χ2n) is 10.0. The molecule has 0 aromatic heterocycles. The van der Waals surface area contributed by atoms with Crippen LogP contribution in [-0.2, 0) is 25.2 Å². The first-order valence-corrected chi connectivity index (χ1v) is 15.8. The molecular formula is C30H31ClFN3O7S. The van der Waals surface area contributed by atoms with Gasteiger partial charge in [0.05, 0.1) is 7.11 Å². The summed E-state index contributed by atoms with van der Waals surface area (Å²) in [5.74, 6) is -1.70. The van der Waals surface area contributed by atoms with Crippen molar-refractivity contribution in [2.45, 2.75) is 36.8 Å². The van der Waals surface area contributed by atoms with Crippen molar-refractivity contribution in [1.29, 1.82) is 0 Å². The molecule has 0 saturated carbocycles. The number of nitrogens with zero attached hydrogens (tertiary/aromatic N) is 1. The number of halogens is 2. The van der Waals surface area contributed by atoms with Gasteiger partial charge >= 0.3 is 6.09 Å². The molecule has 1 heterocycles. The topological polar surface area (TPSA) is 131 Å². The van der Waals surface area contributed by atoms with Gasteiger partial charge in [0.1, 0.15) is 29.1 Å². The van der Waals surface area contributed by atoms with Crippen molar-refractivity contribution >= 4 is 43.3 Å². The summed E-state index contributed by atoms with van der Waals surface area (Å²) < 4.78 is 47.6. The lowest BCUT2D eigenvalue weighted by molar-refractivity contribution is -0.118. The lowest BCUT2D eigenvalue weighted by atomic mass is 9.89. The number of carbonyl (C=O) groups excluding carboxylic acids is 3. The highest BCUT2D eigenvalue weighted by Crippen LogP contribution is 2.30. The molecule has 3 amide bonds. The van der Waals surface area contributed by atoms with Crippen molar-refractivity contribution in [3.05, 3.63) is 89.7 Å². The van der Waals surface area contributed by atoms with E-state index < -0.39 is 38.8 Å². The van der Waals surface area contributed by atoms with Crippen LogP contribution in [-0.4, -0.2) is 57.5 Å². The van der Waals surface area contributed by atoms with E-state index in [4.69, 9.17) is 20.2 Å². The molecule has 1 fully saturated rings. The Labute approximate surface area is 253 Å². The van der Waals surface area contributed by atoms with E-state index in [0.29, 0.717) is 25.9 Å². The van der Waals surface area contributed by atoms with Crippen molar-refractivity contribution < 1.29 is 36.7 Å². The fourth-order valence-corrected chi connectivity index (χ4v) is 5.74. The number of ether oxygens (including phenoxy) is 2. The van der Waals surface area contributed by atoms with Crippen LogP contribution in [0.2, 0.25) is 0 Å². The van der Waals surface area contributed by atoms with E-state index in [2.05, 4.69) is 10.6 Å². The predicted octanol–water partition coefficient (Wildman–Crippen LogP) is 4.94. The molecule has 1 saturated heterocycles. The predicted molar refractivity (Wildman–Crippen MR) is 158 cm³/mol. The molecule has 13 heteroatoms. The van der Waals surface area contributed by atoms with Crippen molar-refractivity contribution in [3.63, 3.8) is 0 Å². The van der Waals surface area contributed by atoms with Crippen LogP contribution in [0.15, 0.2) is 77.7 Å². The van der Waals surface area contributed by atoms with E-state index >= 15 is 0 Å². The Bertz CT molecular complexity index is 1550. The van der Waals surface area contributed by atoms with E-state index in [1.165, 1.54) is 37.4 Å². The Morgan fingerprint density at radius 2 is 1.70 bits per heavy atom. The molecule has 0 spiro atoms. The Balaban J connectivity index is 1.42. The number of piperidine rings is 1. The van der Waals surface area contributed by atoms with Crippen LogP contribution in [0.5, 0.6) is 5.75 Å². The third-order valence-electron chi connectivity index (χ3n) is 7.07. The fourth-order valence-electron chi connectivity index (χ4n) is 4.75. The first-order chi connectivity index (χ1) is 20.5. The van der Waals surface area contributed by atoms with Crippen molar-refractivity contribution in [2.24, 2.45) is 5.92 Å². The van der Waals surface area contributed by atoms with Gasteiger partial charge in [0.2, 0.25) is 5.91 Å². The first-order valence-electron chi connectivity index (χ1n) is 13.5. The summed E-state index contributed by atoms with van der Waals surface area (Å²) in [5, 5.41) is 5.42. The molecule has 3 aromatic rings. The molecule has 2 N–H and O–H groups in total. The Morgan fingerprint density at radius 3 is 2.33 bits per heavy atom. The molecule has 1 aliphatic heterocycles. The monoisotopic (exact) mass is 631 g/mol. The van der Waals surface area contributed by atoms with Gasteiger partial charge in [-0.1, -0.05) is 30.3 Å². The highest BCUT2D eigenvalue weighted by molar-refractivity contribution is 8.13. The molecule has 1 atom stereocenters. The van der Waals surface area contributed by atoms with Crippen LogP contribution in [0.25, 0.3) is 0 Å². The number of rotatable bonds is 10. The minimum absolute atomic E-state index is 0.0132. The summed E-state index contributed by atoms with van der Waals surface area (Å²) in [5.41, 5.74) is 1.28. The van der Waals surface area contributed by atoms with Crippen LogP contribution in [0.3, 0.4) is 0 Å². The fraction of sp³-hybridized carbons (Fsp3) is 0.300. The zero-order valence-corrected chi connectivity index (χ0v) is 24.9. The van der Waals surface area contributed by atoms with Gasteiger partial charge in [-0.25, -0.2) is 17.6 Å². The highest BCUT2D eigenvalue weighted by Gasteiger charge is 2.30. The van der Waals surface area contributed by atoms with E-state index in [1.54, 1.807) is 4.90 Å². The quantitative estimate of drug-likeness (QED) is 0.303. The number of hydrogen-bond donors (Lipinski definition) is 2. The standard InChI is InChI=1S/C30H31ClFN3O7S/c1-41-26-18-24(11-12-27(26)43(31,39)40)33-29(37)25(34-28(36)22-7-9-23(32)10-8-22)17-20-13-15-35(16-14-20)30(38)42-19-21-5-3-2-4-6-21/h2-12,18,20,25H,13-17,19H2,1H3,(H,33,37)(H,34,36)/t25-/m0/s1. The number of hydrogen-bond acceptors (Lipinski definition) is 7. The van der Waals surface area contributed by atoms with Gasteiger partial charge in [-0.15, -0.1) is 0 Å². The number of likely N-dealkylation sites (tertiary alicyclic amines) is 1. The van der Waals surface area contributed by atoms with Gasteiger partial charge in [0.15, 0.2) is 0 Å². The number of benzene rings is 3. The molecule has 10 nitrogen and oxygen atoms in total. The number of carbonyl (C=O) groups is 3. The van der Waals surface area contributed by atoms with Crippen LogP contribution >= 0.6 is 10.7 Å². The van der Waals surface area contributed by atoms with Crippen LogP contribution in [0, 0.1) is 11.7 Å². The molecule has 0 bridgehead atoms. The van der Waals surface area contributed by atoms with Gasteiger partial charge < -0.3 is 25.0 Å². The van der Waals surface area contributed by atoms with Crippen molar-refractivity contribution in [3.8, 4) is 5.75 Å². The number of methoxy groups -OCH3 is 1. The minimum Gasteiger partial charge on any atom is -0.495 e. The van der Waals surface area contributed by atoms with Crippen molar-refractivity contribution in [2.75, 3.05) is 25.5 Å². The Hall–Kier alpha value is -4.16. The summed E-state index contributed by atoms with van der Waals surface area (Å²) >= 11 is 0. The van der Waals surface area contributed by atoms with E-state index in [9.17, 15) is 27.2 Å². The lowest BCUT2D eigenvalue weighted by Gasteiger charge is -2.33. The zero-order valence-electron chi connectivity index (χ0n) is 23.3. The number of nitrogens with one attached hydrogen (secondary N) is 2. The Morgan fingerprint density at radius 1 is 1.02 bits per heavy atom. The van der Waals surface area contributed by atoms with Gasteiger partial charge in [-0.3, -0.25) is 9.59 Å². The molecule has 0 radical (unpaired) electrons. The van der Waals surface area contributed by atoms with Crippen LogP contribution in [0.4, 0.5) is 14.9 Å². The second-order valence-corrected chi connectivity index (χ2v) is 12.6. The average Bonchev–Trinajstić information content (AvgIpc) is 3.00. The van der Waals surface area contributed by atoms with E-state index in [0.717, 1.165) is 17.7 Å². The first kappa shape index (κ1) is 31.8. The number of amides is 3. The molecular weight excluding hydrogens is 601 g/mol. The smallest absolute Gasteiger partial charge is 0.410 e. The van der Waals surface area contributed by atoms with Crippen LogP contribution in [0.1, 0.15) is 35.2 Å². The molecule has 4 rings (SSSR count). The van der Waals surface area contributed by atoms with Gasteiger partial charge in [0.25, 0.3) is 15.0 Å². The zero-order chi connectivity index (χ0) is 31.0. The largest absolute Gasteiger partial charge is 0.495 e. The third kappa shape index (κ3) is 8.91. The molecule has 0 aliphatic carbocycles. The molecule has 228 valence electrons. The Kier molecular flexibility index (Phi) is 10.6. The third-order valence-corrected chi connectivity index (χ3v) is 8.43. The van der Waals surface area contributed by atoms with Gasteiger partial charge in [-0.2, -0.15) is 0 Å². The normalized spacial score (nSPS) is 14.4. The van der Waals surface area contributed by atoms with Crippen molar-refractivity contribution in [1.82, 2.24) is 10.2 Å². The lowest BCUT2D eigenvalue weighted by Crippen LogP contribution is -2.46. The average molecular weight is 632 g/mol. The maximum absolute atomic E-state index is 13.4. The summed E-state index contributed by atoms with van der Waals surface area (Å²) in [6, 6.07) is 17.2. The molecule has 43 heavy (non-hydrogen) atoms. The maximum atomic E-state index is 13.4. The van der Waals surface area contributed by atoms with E-state index in [-0.39, 0.29) is 40.8 Å². The molecule has 3 aromatic carbocycles. The maximum Gasteiger partial charge on any atom is 0.410 e. The summed E-state index contributed by atoms with van der Waals surface area (Å²) in [7, 11) is 2.64. The second kappa shape index (κ2) is 14.3. The molecule has 0 unspecified atom stereocenters. The van der Waals surface area contributed by atoms with Gasteiger partial charge in [-0.05, 0) is 67.1 Å².